The normalized spacial score (nSPS) is 14.8. The highest BCUT2D eigenvalue weighted by atomic mass is 15.2. The second-order valence-electron chi connectivity index (χ2n) is 6.17. The van der Waals surface area contributed by atoms with Gasteiger partial charge in [-0.25, -0.2) is 0 Å². The molecule has 3 nitrogen and oxygen atoms in total. The van der Waals surface area contributed by atoms with E-state index in [9.17, 15) is 0 Å². The van der Waals surface area contributed by atoms with E-state index in [0.29, 0.717) is 5.92 Å². The Morgan fingerprint density at radius 2 is 1.95 bits per heavy atom. The number of rotatable bonds is 6. The van der Waals surface area contributed by atoms with E-state index in [2.05, 4.69) is 68.1 Å². The third kappa shape index (κ3) is 3.89. The maximum atomic E-state index is 8.77. The molecule has 0 bridgehead atoms. The van der Waals surface area contributed by atoms with Crippen LogP contribution < -0.4 is 0 Å². The van der Waals surface area contributed by atoms with Gasteiger partial charge in [0.25, 0.3) is 0 Å². The number of hydrogen-bond acceptors (Lipinski definition) is 1. The summed E-state index contributed by atoms with van der Waals surface area (Å²) >= 11 is 0. The number of nitrogens with zero attached hydrogens (tertiary/aromatic N) is 3. The topological polar surface area (TPSA) is 48.8 Å². The van der Waals surface area contributed by atoms with Gasteiger partial charge in [-0.3, -0.25) is 0 Å². The quantitative estimate of drug-likeness (QED) is 0.256. The second-order valence-corrected chi connectivity index (χ2v) is 6.17. The summed E-state index contributed by atoms with van der Waals surface area (Å²) in [7, 11) is 0. The van der Waals surface area contributed by atoms with Crippen molar-refractivity contribution in [2.45, 2.75) is 65.3 Å². The third-order valence-electron chi connectivity index (χ3n) is 4.51. The van der Waals surface area contributed by atoms with E-state index in [1.807, 2.05) is 13.8 Å². The minimum atomic E-state index is -0.430. The van der Waals surface area contributed by atoms with Gasteiger partial charge >= 0.3 is 0 Å². The van der Waals surface area contributed by atoms with E-state index >= 15 is 0 Å². The summed E-state index contributed by atoms with van der Waals surface area (Å²) < 4.78 is 0. The molecule has 2 unspecified atom stereocenters. The molecule has 1 aromatic carbocycles. The smallest absolute Gasteiger partial charge is 0.0497 e. The maximum absolute atomic E-state index is 8.77. The minimum Gasteiger partial charge on any atom is -0.0910 e. The van der Waals surface area contributed by atoms with Gasteiger partial charge in [-0.05, 0) is 48.4 Å². The highest BCUT2D eigenvalue weighted by molar-refractivity contribution is 5.41. The van der Waals surface area contributed by atoms with Gasteiger partial charge in [-0.1, -0.05) is 63.2 Å². The van der Waals surface area contributed by atoms with Crippen LogP contribution in [0.15, 0.2) is 35.5 Å². The summed E-state index contributed by atoms with van der Waals surface area (Å²) in [5, 5.41) is 3.97. The molecule has 0 aliphatic rings. The number of benzene rings is 1. The van der Waals surface area contributed by atoms with E-state index in [0.717, 1.165) is 6.42 Å². The SMILES string of the molecule is CC=CC(CC)c1cccc(C(C)C(C)(C)N=[N+]=[N-])c1C. The molecule has 0 saturated carbocycles. The standard InChI is InChI=1S/C18H27N3/c1-7-10-15(8-2)17-12-9-11-16(13(17)3)14(4)18(5,6)20-21-19/h7,9-12,14-15H,8H2,1-6H3. The number of hydrogen-bond donors (Lipinski definition) is 0. The summed E-state index contributed by atoms with van der Waals surface area (Å²) in [6, 6.07) is 6.48. The van der Waals surface area contributed by atoms with Crippen LogP contribution >= 0.6 is 0 Å². The Morgan fingerprint density at radius 3 is 2.48 bits per heavy atom. The third-order valence-corrected chi connectivity index (χ3v) is 4.51. The Morgan fingerprint density at radius 1 is 1.33 bits per heavy atom. The average Bonchev–Trinajstić information content (AvgIpc) is 2.44. The van der Waals surface area contributed by atoms with Crippen molar-refractivity contribution in [3.63, 3.8) is 0 Å². The highest BCUT2D eigenvalue weighted by Crippen LogP contribution is 2.36. The molecule has 0 saturated heterocycles. The fourth-order valence-corrected chi connectivity index (χ4v) is 2.82. The fourth-order valence-electron chi connectivity index (χ4n) is 2.82. The molecule has 1 aromatic rings. The van der Waals surface area contributed by atoms with Gasteiger partial charge in [0, 0.05) is 16.4 Å². The van der Waals surface area contributed by atoms with Crippen molar-refractivity contribution in [2.75, 3.05) is 0 Å². The molecular formula is C18H27N3. The van der Waals surface area contributed by atoms with Crippen molar-refractivity contribution in [3.8, 4) is 0 Å². The molecule has 0 amide bonds. The second kappa shape index (κ2) is 7.33. The van der Waals surface area contributed by atoms with Crippen LogP contribution in [0.5, 0.6) is 0 Å². The molecule has 0 radical (unpaired) electrons. The van der Waals surface area contributed by atoms with Crippen molar-refractivity contribution in [1.82, 2.24) is 0 Å². The number of allylic oxidation sites excluding steroid dienone is 2. The Balaban J connectivity index is 3.31. The molecule has 0 spiro atoms. The number of azide groups is 1. The summed E-state index contributed by atoms with van der Waals surface area (Å²) in [5.74, 6) is 0.626. The molecule has 0 fully saturated rings. The average molecular weight is 285 g/mol. The maximum Gasteiger partial charge on any atom is 0.0497 e. The van der Waals surface area contributed by atoms with Crippen molar-refractivity contribution in [3.05, 3.63) is 57.5 Å². The first-order valence-electron chi connectivity index (χ1n) is 7.67. The van der Waals surface area contributed by atoms with Gasteiger partial charge in [-0.2, -0.15) is 0 Å². The zero-order valence-electron chi connectivity index (χ0n) is 14.1. The Hall–Kier alpha value is -1.73. The molecule has 1 rings (SSSR count). The zero-order valence-corrected chi connectivity index (χ0v) is 14.1. The Labute approximate surface area is 128 Å². The van der Waals surface area contributed by atoms with Crippen LogP contribution in [-0.2, 0) is 0 Å². The minimum absolute atomic E-state index is 0.177. The van der Waals surface area contributed by atoms with Gasteiger partial charge in [0.1, 0.15) is 0 Å². The van der Waals surface area contributed by atoms with Crippen LogP contribution in [-0.4, -0.2) is 5.54 Å². The van der Waals surface area contributed by atoms with Crippen LogP contribution in [0.2, 0.25) is 0 Å². The molecule has 0 aromatic heterocycles. The molecule has 0 N–H and O–H groups in total. The highest BCUT2D eigenvalue weighted by Gasteiger charge is 2.27. The molecule has 114 valence electrons. The van der Waals surface area contributed by atoms with Crippen LogP contribution in [0.1, 0.15) is 69.6 Å². The first-order valence-corrected chi connectivity index (χ1v) is 7.67. The van der Waals surface area contributed by atoms with Crippen molar-refractivity contribution >= 4 is 0 Å². The van der Waals surface area contributed by atoms with Gasteiger partial charge in [0.05, 0.1) is 0 Å². The van der Waals surface area contributed by atoms with Gasteiger partial charge < -0.3 is 0 Å². The summed E-state index contributed by atoms with van der Waals surface area (Å²) in [5.41, 5.74) is 12.3. The predicted molar refractivity (Wildman–Crippen MR) is 90.7 cm³/mol. The molecule has 21 heavy (non-hydrogen) atoms. The molecular weight excluding hydrogens is 258 g/mol. The summed E-state index contributed by atoms with van der Waals surface area (Å²) in [4.78, 5) is 3.00. The summed E-state index contributed by atoms with van der Waals surface area (Å²) in [6.45, 7) is 12.6. The van der Waals surface area contributed by atoms with Crippen LogP contribution in [0.3, 0.4) is 0 Å². The van der Waals surface area contributed by atoms with Gasteiger partial charge in [-0.15, -0.1) is 0 Å². The van der Waals surface area contributed by atoms with E-state index in [1.54, 1.807) is 0 Å². The van der Waals surface area contributed by atoms with Gasteiger partial charge in [0.2, 0.25) is 0 Å². The molecule has 0 aliphatic heterocycles. The molecule has 2 atom stereocenters. The lowest BCUT2D eigenvalue weighted by Gasteiger charge is -2.29. The first kappa shape index (κ1) is 17.3. The van der Waals surface area contributed by atoms with Crippen LogP contribution in [0.4, 0.5) is 0 Å². The van der Waals surface area contributed by atoms with Crippen molar-refractivity contribution in [2.24, 2.45) is 5.11 Å². The van der Waals surface area contributed by atoms with E-state index < -0.39 is 5.54 Å². The van der Waals surface area contributed by atoms with Crippen LogP contribution in [0.25, 0.3) is 10.4 Å². The van der Waals surface area contributed by atoms with Gasteiger partial charge in [0.15, 0.2) is 0 Å². The van der Waals surface area contributed by atoms with E-state index in [4.69, 9.17) is 5.53 Å². The Bertz CT molecular complexity index is 552. The Kier molecular flexibility index (Phi) is 6.04. The molecule has 0 heterocycles. The van der Waals surface area contributed by atoms with E-state index in [-0.39, 0.29) is 5.92 Å². The first-order chi connectivity index (χ1) is 9.88. The fraction of sp³-hybridized carbons (Fsp3) is 0.556. The largest absolute Gasteiger partial charge is 0.0910 e. The lowest BCUT2D eigenvalue weighted by Crippen LogP contribution is -2.25. The van der Waals surface area contributed by atoms with Crippen LogP contribution in [0, 0.1) is 6.92 Å². The van der Waals surface area contributed by atoms with Crippen molar-refractivity contribution in [1.29, 1.82) is 0 Å². The molecule has 0 aliphatic carbocycles. The molecule has 3 heteroatoms. The predicted octanol–water partition coefficient (Wildman–Crippen LogP) is 6.26. The lowest BCUT2D eigenvalue weighted by atomic mass is 9.79. The lowest BCUT2D eigenvalue weighted by molar-refractivity contribution is 0.432. The summed E-state index contributed by atoms with van der Waals surface area (Å²) in [6.07, 6.45) is 5.46. The zero-order chi connectivity index (χ0) is 16.0. The monoisotopic (exact) mass is 285 g/mol. The van der Waals surface area contributed by atoms with E-state index in [1.165, 1.54) is 16.7 Å². The van der Waals surface area contributed by atoms with Crippen molar-refractivity contribution < 1.29 is 0 Å².